The van der Waals surface area contributed by atoms with Gasteiger partial charge in [-0.2, -0.15) is 0 Å². The Labute approximate surface area is 164 Å². The quantitative estimate of drug-likeness (QED) is 0.308. The normalized spacial score (nSPS) is 18.6. The van der Waals surface area contributed by atoms with Crippen molar-refractivity contribution in [1.29, 1.82) is 0 Å². The lowest BCUT2D eigenvalue weighted by Gasteiger charge is -2.38. The predicted octanol–water partition coefficient (Wildman–Crippen LogP) is 3.53. The fraction of sp³-hybridized carbons (Fsp3) is 0.421. The molecule has 27 heavy (non-hydrogen) atoms. The fourth-order valence-corrected chi connectivity index (χ4v) is 3.74. The number of ether oxygens (including phenoxy) is 4. The molecule has 1 aliphatic heterocycles. The standard InChI is InChI=1S/C19H19BrO7/c1-11(21)25-16-14(20)9-12(10-15(16)24-2)8-13-17(22)26-19(27-18(13)23)6-4-3-5-7-19/h8-10H,3-7H2,1-2H3. The van der Waals surface area contributed by atoms with Crippen LogP contribution in [0, 0.1) is 0 Å². The van der Waals surface area contributed by atoms with Crippen LogP contribution in [-0.2, 0) is 23.9 Å². The van der Waals surface area contributed by atoms with Gasteiger partial charge >= 0.3 is 17.9 Å². The number of rotatable bonds is 3. The largest absolute Gasteiger partial charge is 0.493 e. The molecule has 1 aromatic carbocycles. The van der Waals surface area contributed by atoms with E-state index in [1.807, 2.05) is 0 Å². The zero-order chi connectivity index (χ0) is 19.6. The van der Waals surface area contributed by atoms with E-state index < -0.39 is 23.7 Å². The summed E-state index contributed by atoms with van der Waals surface area (Å²) in [7, 11) is 1.42. The highest BCUT2D eigenvalue weighted by Gasteiger charge is 2.46. The molecule has 3 rings (SSSR count). The summed E-state index contributed by atoms with van der Waals surface area (Å²) < 4.78 is 21.7. The first-order valence-electron chi connectivity index (χ1n) is 8.58. The van der Waals surface area contributed by atoms with Crippen LogP contribution in [0.2, 0.25) is 0 Å². The molecule has 0 radical (unpaired) electrons. The lowest BCUT2D eigenvalue weighted by molar-refractivity contribution is -0.244. The third kappa shape index (κ3) is 4.16. The monoisotopic (exact) mass is 438 g/mol. The number of hydrogen-bond acceptors (Lipinski definition) is 7. The molecule has 0 unspecified atom stereocenters. The summed E-state index contributed by atoms with van der Waals surface area (Å²) in [5.41, 5.74) is 0.290. The highest BCUT2D eigenvalue weighted by atomic mass is 79.9. The van der Waals surface area contributed by atoms with Crippen LogP contribution in [0.1, 0.15) is 44.6 Å². The van der Waals surface area contributed by atoms with Gasteiger partial charge in [-0.3, -0.25) is 4.79 Å². The van der Waals surface area contributed by atoms with Crippen molar-refractivity contribution in [2.45, 2.75) is 44.8 Å². The summed E-state index contributed by atoms with van der Waals surface area (Å²) in [6.07, 6.45) is 5.14. The lowest BCUT2D eigenvalue weighted by atomic mass is 9.93. The van der Waals surface area contributed by atoms with E-state index in [1.54, 1.807) is 12.1 Å². The zero-order valence-electron chi connectivity index (χ0n) is 15.0. The first-order valence-corrected chi connectivity index (χ1v) is 9.37. The Kier molecular flexibility index (Phi) is 5.55. The van der Waals surface area contributed by atoms with Crippen molar-refractivity contribution in [2.75, 3.05) is 7.11 Å². The van der Waals surface area contributed by atoms with E-state index in [4.69, 9.17) is 18.9 Å². The Balaban J connectivity index is 1.90. The number of methoxy groups -OCH3 is 1. The third-order valence-corrected chi connectivity index (χ3v) is 5.01. The average Bonchev–Trinajstić information content (AvgIpc) is 2.60. The molecular weight excluding hydrogens is 420 g/mol. The molecule has 0 atom stereocenters. The molecule has 8 heteroatoms. The van der Waals surface area contributed by atoms with Gasteiger partial charge in [0.15, 0.2) is 11.5 Å². The van der Waals surface area contributed by atoms with Crippen LogP contribution >= 0.6 is 15.9 Å². The Morgan fingerprint density at radius 3 is 2.33 bits per heavy atom. The van der Waals surface area contributed by atoms with E-state index in [2.05, 4.69) is 15.9 Å². The molecule has 0 amide bonds. The average molecular weight is 439 g/mol. The summed E-state index contributed by atoms with van der Waals surface area (Å²) in [4.78, 5) is 36.1. The molecule has 1 saturated carbocycles. The minimum absolute atomic E-state index is 0.194. The molecule has 1 aliphatic carbocycles. The molecule has 144 valence electrons. The van der Waals surface area contributed by atoms with Crippen molar-refractivity contribution in [3.63, 3.8) is 0 Å². The molecule has 1 aromatic rings. The summed E-state index contributed by atoms with van der Waals surface area (Å²) in [5, 5.41) is 0. The van der Waals surface area contributed by atoms with Crippen LogP contribution in [0.3, 0.4) is 0 Å². The van der Waals surface area contributed by atoms with Crippen molar-refractivity contribution >= 4 is 39.9 Å². The second kappa shape index (κ2) is 7.72. The van der Waals surface area contributed by atoms with Crippen molar-refractivity contribution in [2.24, 2.45) is 0 Å². The molecule has 0 N–H and O–H groups in total. The smallest absolute Gasteiger partial charge is 0.348 e. The van der Waals surface area contributed by atoms with E-state index in [-0.39, 0.29) is 17.1 Å². The second-order valence-corrected chi connectivity index (χ2v) is 7.29. The van der Waals surface area contributed by atoms with Gasteiger partial charge in [-0.25, -0.2) is 9.59 Å². The topological polar surface area (TPSA) is 88.1 Å². The van der Waals surface area contributed by atoms with Gasteiger partial charge in [0, 0.05) is 19.8 Å². The summed E-state index contributed by atoms with van der Waals surface area (Å²) in [6, 6.07) is 3.14. The van der Waals surface area contributed by atoms with Gasteiger partial charge in [-0.1, -0.05) is 6.42 Å². The Morgan fingerprint density at radius 1 is 1.15 bits per heavy atom. The molecule has 2 fully saturated rings. The van der Waals surface area contributed by atoms with Crippen LogP contribution in [0.5, 0.6) is 11.5 Å². The number of carbonyl (C=O) groups is 3. The minimum atomic E-state index is -1.12. The van der Waals surface area contributed by atoms with Crippen LogP contribution in [0.15, 0.2) is 22.2 Å². The third-order valence-electron chi connectivity index (χ3n) is 4.42. The van der Waals surface area contributed by atoms with Crippen molar-refractivity contribution < 1.29 is 33.3 Å². The fourth-order valence-electron chi connectivity index (χ4n) is 3.20. The number of esters is 3. The van der Waals surface area contributed by atoms with Crippen LogP contribution in [-0.4, -0.2) is 30.8 Å². The van der Waals surface area contributed by atoms with E-state index in [0.29, 0.717) is 22.9 Å². The van der Waals surface area contributed by atoms with E-state index in [0.717, 1.165) is 19.3 Å². The van der Waals surface area contributed by atoms with Gasteiger partial charge in [-0.05, 0) is 52.5 Å². The molecule has 1 saturated heterocycles. The predicted molar refractivity (Wildman–Crippen MR) is 98.0 cm³/mol. The maximum absolute atomic E-state index is 12.4. The first kappa shape index (κ1) is 19.4. The molecule has 0 aromatic heterocycles. The van der Waals surface area contributed by atoms with Gasteiger partial charge in [0.1, 0.15) is 5.57 Å². The van der Waals surface area contributed by atoms with E-state index in [1.165, 1.54) is 20.1 Å². The van der Waals surface area contributed by atoms with Crippen molar-refractivity contribution in [1.82, 2.24) is 0 Å². The van der Waals surface area contributed by atoms with Gasteiger partial charge < -0.3 is 18.9 Å². The molecule has 1 spiro atoms. The van der Waals surface area contributed by atoms with Gasteiger partial charge in [0.25, 0.3) is 5.79 Å². The highest BCUT2D eigenvalue weighted by molar-refractivity contribution is 9.10. The number of benzene rings is 1. The molecule has 1 heterocycles. The molecule has 7 nitrogen and oxygen atoms in total. The maximum Gasteiger partial charge on any atom is 0.348 e. The Bertz CT molecular complexity index is 800. The maximum atomic E-state index is 12.4. The number of halogens is 1. The van der Waals surface area contributed by atoms with Crippen LogP contribution in [0.4, 0.5) is 0 Å². The van der Waals surface area contributed by atoms with Gasteiger partial charge in [-0.15, -0.1) is 0 Å². The first-order chi connectivity index (χ1) is 12.8. The van der Waals surface area contributed by atoms with Gasteiger partial charge in [0.2, 0.25) is 0 Å². The van der Waals surface area contributed by atoms with E-state index >= 15 is 0 Å². The van der Waals surface area contributed by atoms with Crippen LogP contribution < -0.4 is 9.47 Å². The summed E-state index contributed by atoms with van der Waals surface area (Å²) in [6.45, 7) is 1.27. The zero-order valence-corrected chi connectivity index (χ0v) is 16.6. The van der Waals surface area contributed by atoms with Crippen LogP contribution in [0.25, 0.3) is 6.08 Å². The Morgan fingerprint density at radius 2 is 1.78 bits per heavy atom. The SMILES string of the molecule is COc1cc(C=C2C(=O)OC3(CCCCC3)OC2=O)cc(Br)c1OC(C)=O. The Hall–Kier alpha value is -2.35. The van der Waals surface area contributed by atoms with Gasteiger partial charge in [0.05, 0.1) is 11.6 Å². The molecule has 0 bridgehead atoms. The number of hydrogen-bond donors (Lipinski definition) is 0. The summed E-state index contributed by atoms with van der Waals surface area (Å²) in [5.74, 6) is -2.55. The van der Waals surface area contributed by atoms with E-state index in [9.17, 15) is 14.4 Å². The molecule has 2 aliphatic rings. The summed E-state index contributed by atoms with van der Waals surface area (Å²) >= 11 is 3.30. The second-order valence-electron chi connectivity index (χ2n) is 6.44. The van der Waals surface area contributed by atoms with Crippen molar-refractivity contribution in [3.8, 4) is 11.5 Å². The van der Waals surface area contributed by atoms with Crippen molar-refractivity contribution in [3.05, 3.63) is 27.7 Å². The molecular formula is C19H19BrO7. The lowest BCUT2D eigenvalue weighted by Crippen LogP contribution is -2.47. The number of carbonyl (C=O) groups excluding carboxylic acids is 3. The highest BCUT2D eigenvalue weighted by Crippen LogP contribution is 2.39. The minimum Gasteiger partial charge on any atom is -0.493 e.